The number of anilines is 2. The topological polar surface area (TPSA) is 104 Å². The number of carboxylic acid groups (broad SMARTS) is 1. The lowest BCUT2D eigenvalue weighted by atomic mass is 9.76. The van der Waals surface area contributed by atoms with Crippen LogP contribution in [0.4, 0.5) is 16.6 Å². The van der Waals surface area contributed by atoms with Gasteiger partial charge < -0.3 is 21.1 Å². The van der Waals surface area contributed by atoms with E-state index >= 15 is 0 Å². The summed E-state index contributed by atoms with van der Waals surface area (Å²) in [6, 6.07) is -0.0362. The molecule has 21 heavy (non-hydrogen) atoms. The Labute approximate surface area is 123 Å². The minimum Gasteiger partial charge on any atom is -0.465 e. The molecule has 2 heterocycles. The first-order chi connectivity index (χ1) is 9.87. The largest absolute Gasteiger partial charge is 0.465 e. The fourth-order valence-corrected chi connectivity index (χ4v) is 3.28. The molecule has 1 saturated heterocycles. The molecule has 1 fully saturated rings. The predicted octanol–water partition coefficient (Wildman–Crippen LogP) is 1.13. The van der Waals surface area contributed by atoms with Crippen molar-refractivity contribution >= 4 is 17.9 Å². The van der Waals surface area contributed by atoms with Crippen molar-refractivity contribution in [3.05, 3.63) is 11.3 Å². The van der Waals surface area contributed by atoms with Crippen LogP contribution in [0.15, 0.2) is 0 Å². The molecule has 0 atom stereocenters. The Balaban J connectivity index is 1.87. The number of nitrogen functional groups attached to an aromatic ring is 1. The van der Waals surface area contributed by atoms with Crippen LogP contribution in [0.2, 0.25) is 0 Å². The Bertz CT molecular complexity index is 581. The van der Waals surface area contributed by atoms with E-state index in [4.69, 9.17) is 10.8 Å². The maximum absolute atomic E-state index is 10.6. The van der Waals surface area contributed by atoms with Crippen molar-refractivity contribution in [3.63, 3.8) is 0 Å². The summed E-state index contributed by atoms with van der Waals surface area (Å²) in [6.45, 7) is 5.64. The number of hydrogen-bond donors (Lipinski definition) is 3. The van der Waals surface area contributed by atoms with Crippen LogP contribution in [0.25, 0.3) is 0 Å². The molecule has 3 rings (SSSR count). The van der Waals surface area contributed by atoms with Gasteiger partial charge in [-0.15, -0.1) is 0 Å². The number of nitrogens with two attached hydrogens (primary N) is 1. The summed E-state index contributed by atoms with van der Waals surface area (Å²) in [7, 11) is 0. The highest BCUT2D eigenvalue weighted by Crippen LogP contribution is 2.40. The zero-order chi connectivity index (χ0) is 15.2. The first-order valence-corrected chi connectivity index (χ1v) is 7.28. The van der Waals surface area contributed by atoms with E-state index in [1.807, 2.05) is 0 Å². The summed E-state index contributed by atoms with van der Waals surface area (Å²) >= 11 is 0. The molecule has 4 N–H and O–H groups in total. The second-order valence-electron chi connectivity index (χ2n) is 6.52. The van der Waals surface area contributed by atoms with Crippen LogP contribution in [0, 0.1) is 0 Å². The summed E-state index contributed by atoms with van der Waals surface area (Å²) in [5.74, 6) is 1.18. The van der Waals surface area contributed by atoms with Crippen molar-refractivity contribution in [1.29, 1.82) is 0 Å². The second kappa shape index (κ2) is 4.75. The summed E-state index contributed by atoms with van der Waals surface area (Å²) < 4.78 is 0. The number of hydrogen-bond acceptors (Lipinski definition) is 5. The first-order valence-electron chi connectivity index (χ1n) is 7.28. The summed E-state index contributed by atoms with van der Waals surface area (Å²) in [5, 5.41) is 11.2. The van der Waals surface area contributed by atoms with Crippen LogP contribution >= 0.6 is 0 Å². The Morgan fingerprint density at radius 3 is 2.81 bits per heavy atom. The summed E-state index contributed by atoms with van der Waals surface area (Å²) in [4.78, 5) is 21.6. The van der Waals surface area contributed by atoms with Gasteiger partial charge in [0.25, 0.3) is 0 Å². The average molecular weight is 291 g/mol. The van der Waals surface area contributed by atoms with Gasteiger partial charge in [-0.05, 0) is 19.3 Å². The zero-order valence-electron chi connectivity index (χ0n) is 12.4. The number of rotatable bonds is 2. The summed E-state index contributed by atoms with van der Waals surface area (Å²) in [5.41, 5.74) is 8.12. The Hall–Kier alpha value is -2.05. The van der Waals surface area contributed by atoms with E-state index in [2.05, 4.69) is 34.0 Å². The van der Waals surface area contributed by atoms with Crippen LogP contribution in [0.3, 0.4) is 0 Å². The molecule has 1 aliphatic heterocycles. The monoisotopic (exact) mass is 291 g/mol. The fraction of sp³-hybridized carbons (Fsp3) is 0.643. The van der Waals surface area contributed by atoms with Gasteiger partial charge >= 0.3 is 6.09 Å². The molecule has 0 radical (unpaired) electrons. The molecule has 0 unspecified atom stereocenters. The summed E-state index contributed by atoms with van der Waals surface area (Å²) in [6.07, 6.45) is 2.19. The predicted molar refractivity (Wildman–Crippen MR) is 79.6 cm³/mol. The van der Waals surface area contributed by atoms with Gasteiger partial charge in [0, 0.05) is 24.1 Å². The average Bonchev–Trinajstić information content (AvgIpc) is 2.33. The lowest BCUT2D eigenvalue weighted by Crippen LogP contribution is -2.60. The van der Waals surface area contributed by atoms with Gasteiger partial charge in [-0.1, -0.05) is 13.8 Å². The SMILES string of the molecule is CC1(C)CCCc2c(N3CC(NC(=O)O)C3)nc(N)nc21. The van der Waals surface area contributed by atoms with Gasteiger partial charge in [0.1, 0.15) is 5.82 Å². The van der Waals surface area contributed by atoms with E-state index in [1.54, 1.807) is 0 Å². The molecule has 7 nitrogen and oxygen atoms in total. The van der Waals surface area contributed by atoms with E-state index in [-0.39, 0.29) is 11.5 Å². The standard InChI is InChI=1S/C14H21N5O2/c1-14(2)5-3-4-9-10(14)17-12(15)18-11(9)19-6-8(7-19)16-13(20)21/h8,16H,3-7H2,1-2H3,(H,20,21)(H2,15,17,18). The highest BCUT2D eigenvalue weighted by atomic mass is 16.4. The molecule has 7 heteroatoms. The third-order valence-electron chi connectivity index (χ3n) is 4.38. The number of carbonyl (C=O) groups is 1. The number of nitrogens with zero attached hydrogens (tertiary/aromatic N) is 3. The van der Waals surface area contributed by atoms with Gasteiger partial charge in [0.15, 0.2) is 0 Å². The van der Waals surface area contributed by atoms with Crippen LogP contribution < -0.4 is 16.0 Å². The van der Waals surface area contributed by atoms with Crippen molar-refractivity contribution in [2.75, 3.05) is 23.7 Å². The van der Waals surface area contributed by atoms with Crippen LogP contribution in [-0.4, -0.2) is 40.3 Å². The van der Waals surface area contributed by atoms with Crippen LogP contribution in [0.1, 0.15) is 37.9 Å². The van der Waals surface area contributed by atoms with E-state index in [9.17, 15) is 4.79 Å². The smallest absolute Gasteiger partial charge is 0.405 e. The van der Waals surface area contributed by atoms with Crippen molar-refractivity contribution in [2.24, 2.45) is 0 Å². The van der Waals surface area contributed by atoms with E-state index in [1.165, 1.54) is 5.56 Å². The van der Waals surface area contributed by atoms with Gasteiger partial charge in [-0.2, -0.15) is 4.98 Å². The van der Waals surface area contributed by atoms with Crippen molar-refractivity contribution < 1.29 is 9.90 Å². The van der Waals surface area contributed by atoms with Crippen LogP contribution in [-0.2, 0) is 11.8 Å². The van der Waals surface area contributed by atoms with Crippen molar-refractivity contribution in [3.8, 4) is 0 Å². The zero-order valence-corrected chi connectivity index (χ0v) is 12.4. The first kappa shape index (κ1) is 13.9. The van der Waals surface area contributed by atoms with Gasteiger partial charge in [0.2, 0.25) is 5.95 Å². The quantitative estimate of drug-likeness (QED) is 0.754. The molecule has 1 amide bonds. The van der Waals surface area contributed by atoms with E-state index in [0.717, 1.165) is 30.8 Å². The number of aromatic nitrogens is 2. The molecule has 0 saturated carbocycles. The number of nitrogens with one attached hydrogen (secondary N) is 1. The molecule has 1 aromatic rings. The molecule has 0 bridgehead atoms. The maximum atomic E-state index is 10.6. The molecule has 1 aromatic heterocycles. The number of amides is 1. The van der Waals surface area contributed by atoms with Crippen LogP contribution in [0.5, 0.6) is 0 Å². The molecule has 0 spiro atoms. The minimum atomic E-state index is -0.981. The second-order valence-corrected chi connectivity index (χ2v) is 6.52. The maximum Gasteiger partial charge on any atom is 0.405 e. The number of fused-ring (bicyclic) bond motifs is 1. The third kappa shape index (κ3) is 2.48. The lowest BCUT2D eigenvalue weighted by molar-refractivity contribution is 0.187. The Kier molecular flexibility index (Phi) is 3.15. The van der Waals surface area contributed by atoms with Gasteiger partial charge in [-0.3, -0.25) is 0 Å². The molecular weight excluding hydrogens is 270 g/mol. The molecule has 2 aliphatic rings. The Morgan fingerprint density at radius 1 is 1.43 bits per heavy atom. The van der Waals surface area contributed by atoms with E-state index < -0.39 is 6.09 Å². The molecule has 1 aliphatic carbocycles. The third-order valence-corrected chi connectivity index (χ3v) is 4.38. The Morgan fingerprint density at radius 2 is 2.14 bits per heavy atom. The van der Waals surface area contributed by atoms with Crippen molar-refractivity contribution in [1.82, 2.24) is 15.3 Å². The van der Waals surface area contributed by atoms with Gasteiger partial charge in [0.05, 0.1) is 11.7 Å². The minimum absolute atomic E-state index is 0.0168. The molecule has 114 valence electrons. The normalized spacial score (nSPS) is 20.6. The molecule has 0 aromatic carbocycles. The molecular formula is C14H21N5O2. The van der Waals surface area contributed by atoms with Gasteiger partial charge in [-0.25, -0.2) is 9.78 Å². The van der Waals surface area contributed by atoms with Crippen molar-refractivity contribution in [2.45, 2.75) is 44.6 Å². The van der Waals surface area contributed by atoms with E-state index in [0.29, 0.717) is 19.0 Å². The highest BCUT2D eigenvalue weighted by molar-refractivity contribution is 5.66. The lowest BCUT2D eigenvalue weighted by Gasteiger charge is -2.42. The fourth-order valence-electron chi connectivity index (χ4n) is 3.28. The highest BCUT2D eigenvalue weighted by Gasteiger charge is 2.36.